The lowest BCUT2D eigenvalue weighted by Crippen LogP contribution is -2.60. The monoisotopic (exact) mass is 680 g/mol. The molecule has 14 nitrogen and oxygen atoms in total. The zero-order valence-electron chi connectivity index (χ0n) is 28.8. The van der Waals surface area contributed by atoms with Gasteiger partial charge in [-0.2, -0.15) is 0 Å². The van der Waals surface area contributed by atoms with E-state index in [1.165, 1.54) is 39.8 Å². The van der Waals surface area contributed by atoms with Gasteiger partial charge in [0.1, 0.15) is 41.7 Å². The highest BCUT2D eigenvalue weighted by Gasteiger charge is 2.65. The topological polar surface area (TPSA) is 212 Å². The Morgan fingerprint density at radius 3 is 2.00 bits per heavy atom. The first-order valence-electron chi connectivity index (χ1n) is 15.4. The van der Waals surface area contributed by atoms with Crippen molar-refractivity contribution in [3.63, 3.8) is 0 Å². The summed E-state index contributed by atoms with van der Waals surface area (Å²) in [6.07, 6.45) is -6.58. The van der Waals surface area contributed by atoms with Gasteiger partial charge in [0.05, 0.1) is 11.5 Å². The molecule has 2 aliphatic rings. The molecular weight excluding hydrogens is 632 g/mol. The summed E-state index contributed by atoms with van der Waals surface area (Å²) in [6.45, 7) is 19.6. The molecule has 0 spiro atoms. The average Bonchev–Trinajstić information content (AvgIpc) is 3.25. The van der Waals surface area contributed by atoms with E-state index < -0.39 is 112 Å². The number of rotatable bonds is 8. The largest absolute Gasteiger partial charge is 0.462 e. The van der Waals surface area contributed by atoms with Gasteiger partial charge in [-0.15, -0.1) is 0 Å². The molecule has 0 radical (unpaired) electrons. The molecule has 4 N–H and O–H groups in total. The first kappa shape index (κ1) is 40.5. The lowest BCUT2D eigenvalue weighted by molar-refractivity contribution is -0.264. The summed E-state index contributed by atoms with van der Waals surface area (Å²) in [5, 5.41) is 44.9. The molecule has 2 aliphatic carbocycles. The van der Waals surface area contributed by atoms with Gasteiger partial charge in [0.2, 0.25) is 0 Å². The lowest BCUT2D eigenvalue weighted by atomic mass is 9.71. The number of carbonyl (C=O) groups excluding carboxylic acids is 5. The van der Waals surface area contributed by atoms with Crippen molar-refractivity contribution in [2.24, 2.45) is 17.3 Å². The van der Waals surface area contributed by atoms with Crippen molar-refractivity contribution in [3.8, 4) is 0 Å². The lowest BCUT2D eigenvalue weighted by Gasteiger charge is -2.44. The maximum absolute atomic E-state index is 14.3. The van der Waals surface area contributed by atoms with E-state index >= 15 is 0 Å². The normalized spacial score (nSPS) is 35.2. The second kappa shape index (κ2) is 15.2. The van der Waals surface area contributed by atoms with Crippen molar-refractivity contribution in [1.82, 2.24) is 0 Å². The molecule has 0 heterocycles. The zero-order chi connectivity index (χ0) is 37.1. The summed E-state index contributed by atoms with van der Waals surface area (Å²) >= 11 is 0. The van der Waals surface area contributed by atoms with E-state index in [2.05, 4.69) is 18.0 Å². The number of aliphatic hydroxyl groups excluding tert-OH is 1. The molecule has 0 amide bonds. The van der Waals surface area contributed by atoms with Gasteiger partial charge in [-0.25, -0.2) is 14.5 Å². The molecule has 0 bridgehead atoms. The highest BCUT2D eigenvalue weighted by atomic mass is 17.1. The van der Waals surface area contributed by atoms with E-state index in [-0.39, 0.29) is 5.57 Å². The van der Waals surface area contributed by atoms with E-state index in [4.69, 9.17) is 18.9 Å². The van der Waals surface area contributed by atoms with Crippen molar-refractivity contribution in [2.45, 2.75) is 117 Å². The van der Waals surface area contributed by atoms with Gasteiger partial charge in [-0.3, -0.25) is 19.6 Å². The maximum atomic E-state index is 14.3. The smallest absolute Gasteiger partial charge is 0.336 e. The van der Waals surface area contributed by atoms with Crippen LogP contribution in [0.4, 0.5) is 0 Å². The SMILES string of the molecule is C=C(C(=O)O[C@H]1C(=C)[C@H](OC(=O)/C(C)=C\C)[C@@H](O)[C@@H](OC(C)=O)C(C)(C)/C=C/[C@@](C)(O)C(=O)[C@@]2(O)C[C@H](C)[C@H](OC(C)=O)[C@H]12)[C@H](C)OO. The number of Topliss-reactive ketones (excluding diaryl/α,β-unsaturated/α-hetero) is 1. The number of hydrogen-bond acceptors (Lipinski definition) is 14. The van der Waals surface area contributed by atoms with E-state index in [9.17, 15) is 44.5 Å². The van der Waals surface area contributed by atoms with Crippen molar-refractivity contribution >= 4 is 29.7 Å². The standard InChI is InChI=1S/C34H48O14/c1-12-16(2)29(38)47-27-19(5)26(46-30(39)18(4)20(6)48-43)23-25(44-21(7)35)17(3)15-34(23,42)31(40)33(11,41)14-13-32(9,10)28(24(27)37)45-22(8)36/h12-14,17,20,23-28,37,41-43H,4-5,15H2,1-3,6-11H3/b14-13+,16-12-/t17-,20-,23+,24+,25-,26-,27-,28+,33+,34+/m0/s1. The van der Waals surface area contributed by atoms with Gasteiger partial charge in [-0.05, 0) is 46.1 Å². The first-order valence-corrected chi connectivity index (χ1v) is 15.4. The van der Waals surface area contributed by atoms with Crippen LogP contribution in [-0.2, 0) is 47.8 Å². The number of allylic oxidation sites excluding steroid dienone is 1. The Labute approximate surface area is 279 Å². The molecule has 10 atom stereocenters. The molecule has 2 rings (SSSR count). The molecule has 48 heavy (non-hydrogen) atoms. The van der Waals surface area contributed by atoms with Crippen LogP contribution in [0.3, 0.4) is 0 Å². The molecule has 268 valence electrons. The molecule has 0 aromatic rings. The number of ketones is 1. The Kier molecular flexibility index (Phi) is 12.9. The van der Waals surface area contributed by atoms with Gasteiger partial charge < -0.3 is 34.3 Å². The number of carbonyl (C=O) groups is 5. The molecule has 0 unspecified atom stereocenters. The summed E-state index contributed by atoms with van der Waals surface area (Å²) in [5.74, 6) is -7.55. The highest BCUT2D eigenvalue weighted by Crippen LogP contribution is 2.49. The fourth-order valence-electron chi connectivity index (χ4n) is 6.05. The zero-order valence-corrected chi connectivity index (χ0v) is 28.8. The quantitative estimate of drug-likeness (QED) is 0.0724. The molecule has 0 aromatic heterocycles. The van der Waals surface area contributed by atoms with Crippen LogP contribution in [0.15, 0.2) is 48.1 Å². The Morgan fingerprint density at radius 2 is 1.50 bits per heavy atom. The Bertz CT molecular complexity index is 1370. The predicted octanol–water partition coefficient (Wildman–Crippen LogP) is 2.29. The van der Waals surface area contributed by atoms with E-state index in [1.807, 2.05) is 0 Å². The number of hydrogen-bond donors (Lipinski definition) is 4. The number of ether oxygens (including phenoxy) is 4. The number of fused-ring (bicyclic) bond motifs is 1. The van der Waals surface area contributed by atoms with Gasteiger partial charge >= 0.3 is 23.9 Å². The van der Waals surface area contributed by atoms with Gasteiger partial charge in [-0.1, -0.05) is 46.1 Å². The molecular formula is C34H48O14. The molecule has 1 fully saturated rings. The van der Waals surface area contributed by atoms with Crippen LogP contribution in [0.5, 0.6) is 0 Å². The Hall–Kier alpha value is -3.69. The van der Waals surface area contributed by atoms with Crippen LogP contribution in [0.1, 0.15) is 68.7 Å². The van der Waals surface area contributed by atoms with E-state index in [1.54, 1.807) is 13.8 Å². The van der Waals surface area contributed by atoms with Crippen LogP contribution < -0.4 is 0 Å². The summed E-state index contributed by atoms with van der Waals surface area (Å²) in [7, 11) is 0. The molecule has 0 saturated heterocycles. The molecule has 0 aliphatic heterocycles. The summed E-state index contributed by atoms with van der Waals surface area (Å²) in [4.78, 5) is 69.8. The van der Waals surface area contributed by atoms with E-state index in [0.29, 0.717) is 0 Å². The third-order valence-electron chi connectivity index (χ3n) is 8.93. The van der Waals surface area contributed by atoms with Crippen LogP contribution in [0.2, 0.25) is 0 Å². The summed E-state index contributed by atoms with van der Waals surface area (Å²) < 4.78 is 22.6. The van der Waals surface area contributed by atoms with Crippen LogP contribution in [0, 0.1) is 17.3 Å². The maximum Gasteiger partial charge on any atom is 0.336 e. The second-order valence-electron chi connectivity index (χ2n) is 13.3. The second-order valence-corrected chi connectivity index (χ2v) is 13.3. The minimum Gasteiger partial charge on any atom is -0.462 e. The third kappa shape index (κ3) is 8.47. The number of aliphatic hydroxyl groups is 3. The fourth-order valence-corrected chi connectivity index (χ4v) is 6.05. The fraction of sp³-hybridized carbons (Fsp3) is 0.618. The van der Waals surface area contributed by atoms with Gasteiger partial charge in [0, 0.05) is 30.4 Å². The third-order valence-corrected chi connectivity index (χ3v) is 8.93. The minimum absolute atomic E-state index is 0.0927. The molecule has 0 aromatic carbocycles. The van der Waals surface area contributed by atoms with E-state index in [0.717, 1.165) is 26.8 Å². The van der Waals surface area contributed by atoms with Gasteiger partial charge in [0.25, 0.3) is 0 Å². The summed E-state index contributed by atoms with van der Waals surface area (Å²) in [5.41, 5.74) is -7.18. The van der Waals surface area contributed by atoms with Crippen molar-refractivity contribution < 1.29 is 68.4 Å². The van der Waals surface area contributed by atoms with Crippen molar-refractivity contribution in [1.29, 1.82) is 0 Å². The predicted molar refractivity (Wildman–Crippen MR) is 169 cm³/mol. The van der Waals surface area contributed by atoms with Crippen molar-refractivity contribution in [2.75, 3.05) is 0 Å². The van der Waals surface area contributed by atoms with Crippen LogP contribution in [-0.4, -0.2) is 98.1 Å². The molecule has 1 saturated carbocycles. The Morgan fingerprint density at radius 1 is 0.958 bits per heavy atom. The summed E-state index contributed by atoms with van der Waals surface area (Å²) in [6, 6.07) is 0. The minimum atomic E-state index is -2.60. The highest BCUT2D eigenvalue weighted by molar-refractivity contribution is 5.97. The Balaban J connectivity index is 3.09. The van der Waals surface area contributed by atoms with Crippen molar-refractivity contribution in [3.05, 3.63) is 48.1 Å². The average molecular weight is 681 g/mol. The number of esters is 4. The van der Waals surface area contributed by atoms with Crippen LogP contribution in [0.25, 0.3) is 0 Å². The van der Waals surface area contributed by atoms with Crippen LogP contribution >= 0.6 is 0 Å². The molecule has 14 heteroatoms. The first-order chi connectivity index (χ1) is 22.0. The van der Waals surface area contributed by atoms with Gasteiger partial charge in [0.15, 0.2) is 11.9 Å².